The van der Waals surface area contributed by atoms with Crippen LogP contribution >= 0.6 is 0 Å². The topological polar surface area (TPSA) is 74.9 Å². The number of nitriles is 1. The molecule has 9 heteroatoms. The predicted octanol–water partition coefficient (Wildman–Crippen LogP) is 7.86. The Balaban J connectivity index is 1.60. The molecular weight excluding hydrogens is 527 g/mol. The van der Waals surface area contributed by atoms with Crippen molar-refractivity contribution in [2.45, 2.75) is 32.0 Å². The van der Waals surface area contributed by atoms with E-state index >= 15 is 0 Å². The Bertz CT molecular complexity index is 1730. The fraction of sp³-hybridized carbons (Fsp3) is 0.188. The third kappa shape index (κ3) is 5.82. The van der Waals surface area contributed by atoms with Crippen molar-refractivity contribution in [3.05, 3.63) is 108 Å². The van der Waals surface area contributed by atoms with Crippen molar-refractivity contribution in [2.75, 3.05) is 11.9 Å². The molecule has 2 heterocycles. The van der Waals surface area contributed by atoms with Crippen molar-refractivity contribution in [1.29, 1.82) is 5.26 Å². The summed E-state index contributed by atoms with van der Waals surface area (Å²) in [7, 11) is 1.83. The first kappa shape index (κ1) is 27.6. The number of benzene rings is 3. The van der Waals surface area contributed by atoms with Gasteiger partial charge in [-0.1, -0.05) is 48.5 Å². The van der Waals surface area contributed by atoms with Crippen molar-refractivity contribution in [3.8, 4) is 23.3 Å². The molecule has 41 heavy (non-hydrogen) atoms. The lowest BCUT2D eigenvalue weighted by Crippen LogP contribution is -2.16. The molecular formula is C32H26F3N5O. The van der Waals surface area contributed by atoms with Crippen LogP contribution in [0.1, 0.15) is 30.5 Å². The summed E-state index contributed by atoms with van der Waals surface area (Å²) in [5.41, 5.74) is 1.61. The molecule has 0 radical (unpaired) electrons. The first-order valence-electron chi connectivity index (χ1n) is 12.8. The lowest BCUT2D eigenvalue weighted by Gasteiger charge is -2.23. The Labute approximate surface area is 235 Å². The number of pyridine rings is 1. The van der Waals surface area contributed by atoms with Crippen LogP contribution in [-0.2, 0) is 18.2 Å². The van der Waals surface area contributed by atoms with Crippen LogP contribution in [0.2, 0.25) is 0 Å². The number of nitrogens with zero attached hydrogens (tertiary/aromatic N) is 5. The highest BCUT2D eigenvalue weighted by Crippen LogP contribution is 2.38. The summed E-state index contributed by atoms with van der Waals surface area (Å²) in [4.78, 5) is 15.1. The van der Waals surface area contributed by atoms with E-state index in [1.54, 1.807) is 18.2 Å². The van der Waals surface area contributed by atoms with Crippen LogP contribution in [0.15, 0.2) is 91.1 Å². The molecule has 0 bridgehead atoms. The minimum atomic E-state index is -4.56. The molecule has 0 aliphatic rings. The monoisotopic (exact) mass is 553 g/mol. The first-order chi connectivity index (χ1) is 19.6. The van der Waals surface area contributed by atoms with Gasteiger partial charge >= 0.3 is 12.2 Å². The third-order valence-electron chi connectivity index (χ3n) is 6.83. The summed E-state index contributed by atoms with van der Waals surface area (Å²) < 4.78 is 47.2. The Hall–Kier alpha value is -4.97. The van der Waals surface area contributed by atoms with Gasteiger partial charge in [0.2, 0.25) is 0 Å². The molecule has 0 aliphatic heterocycles. The van der Waals surface area contributed by atoms with E-state index in [4.69, 9.17) is 4.74 Å². The summed E-state index contributed by atoms with van der Waals surface area (Å²) in [5.74, 6) is 0.508. The minimum absolute atomic E-state index is 0.0830. The summed E-state index contributed by atoms with van der Waals surface area (Å²) >= 11 is 0. The van der Waals surface area contributed by atoms with Crippen molar-refractivity contribution in [3.63, 3.8) is 0 Å². The molecule has 6 nitrogen and oxygen atoms in total. The molecule has 5 rings (SSSR count). The summed E-state index contributed by atoms with van der Waals surface area (Å²) in [6.45, 7) is 3.92. The van der Waals surface area contributed by atoms with Gasteiger partial charge in [0.15, 0.2) is 0 Å². The SMILES string of the molecule is CN(c1ccc(C(C)(C)C#N)cc1)c1nc(OCc2ccccc2)nc2cc(-c3ncccc3C(F)(F)F)ccc12. The molecule has 0 saturated carbocycles. The second-order valence-electron chi connectivity index (χ2n) is 10.1. The number of hydrogen-bond donors (Lipinski definition) is 0. The molecule has 0 unspecified atom stereocenters. The second-order valence-corrected chi connectivity index (χ2v) is 10.1. The average molecular weight is 554 g/mol. The van der Waals surface area contributed by atoms with Crippen LogP contribution in [0.25, 0.3) is 22.2 Å². The lowest BCUT2D eigenvalue weighted by atomic mass is 9.86. The van der Waals surface area contributed by atoms with Gasteiger partial charge in [0, 0.05) is 29.9 Å². The van der Waals surface area contributed by atoms with Crippen molar-refractivity contribution >= 4 is 22.4 Å². The number of ether oxygens (including phenoxy) is 1. The number of anilines is 2. The maximum absolute atomic E-state index is 13.7. The standard InChI is InChI=1S/C32H26F3N5O/c1-31(2,20-36)23-12-14-24(15-13-23)40(3)29-25-16-11-22(28-26(32(33,34)35)10-7-17-37-28)18-27(25)38-30(39-29)41-19-21-8-5-4-6-9-21/h4-18H,19H2,1-3H3. The Morgan fingerprint density at radius 3 is 2.32 bits per heavy atom. The summed E-state index contributed by atoms with van der Waals surface area (Å²) in [5, 5.41) is 10.1. The third-order valence-corrected chi connectivity index (χ3v) is 6.83. The van der Waals surface area contributed by atoms with E-state index in [0.717, 1.165) is 22.9 Å². The molecule has 206 valence electrons. The molecule has 0 aliphatic carbocycles. The van der Waals surface area contributed by atoms with Crippen LogP contribution in [0.3, 0.4) is 0 Å². The molecule has 0 N–H and O–H groups in total. The van der Waals surface area contributed by atoms with Gasteiger partial charge in [-0.25, -0.2) is 0 Å². The summed E-state index contributed by atoms with van der Waals surface area (Å²) in [6.07, 6.45) is -3.23. The van der Waals surface area contributed by atoms with Gasteiger partial charge in [-0.15, -0.1) is 0 Å². The van der Waals surface area contributed by atoms with E-state index < -0.39 is 17.2 Å². The van der Waals surface area contributed by atoms with E-state index in [1.165, 1.54) is 12.3 Å². The smallest absolute Gasteiger partial charge is 0.418 e. The molecule has 0 spiro atoms. The minimum Gasteiger partial charge on any atom is -0.459 e. The normalized spacial score (nSPS) is 11.7. The van der Waals surface area contributed by atoms with E-state index in [2.05, 4.69) is 21.0 Å². The molecule has 0 amide bonds. The van der Waals surface area contributed by atoms with Gasteiger partial charge in [0.05, 0.1) is 28.3 Å². The number of aromatic nitrogens is 3. The maximum Gasteiger partial charge on any atom is 0.418 e. The van der Waals surface area contributed by atoms with Gasteiger partial charge in [0.25, 0.3) is 0 Å². The summed E-state index contributed by atoms with van der Waals surface area (Å²) in [6, 6.07) is 26.6. The lowest BCUT2D eigenvalue weighted by molar-refractivity contribution is -0.137. The highest BCUT2D eigenvalue weighted by atomic mass is 19.4. The predicted molar refractivity (Wildman–Crippen MR) is 152 cm³/mol. The van der Waals surface area contributed by atoms with Crippen LogP contribution in [0.5, 0.6) is 6.01 Å². The van der Waals surface area contributed by atoms with Gasteiger partial charge < -0.3 is 9.64 Å². The van der Waals surface area contributed by atoms with Crippen LogP contribution in [0.4, 0.5) is 24.7 Å². The van der Waals surface area contributed by atoms with Gasteiger partial charge in [-0.3, -0.25) is 4.98 Å². The number of fused-ring (bicyclic) bond motifs is 1. The number of halogens is 3. The molecule has 0 fully saturated rings. The maximum atomic E-state index is 13.7. The van der Waals surface area contributed by atoms with Gasteiger partial charge in [-0.2, -0.15) is 28.4 Å². The number of hydrogen-bond acceptors (Lipinski definition) is 6. The van der Waals surface area contributed by atoms with Gasteiger partial charge in [-0.05, 0) is 61.4 Å². The quantitative estimate of drug-likeness (QED) is 0.204. The van der Waals surface area contributed by atoms with Crippen LogP contribution in [-0.4, -0.2) is 22.0 Å². The first-order valence-corrected chi connectivity index (χ1v) is 12.8. The van der Waals surface area contributed by atoms with E-state index in [1.807, 2.05) is 80.4 Å². The zero-order chi connectivity index (χ0) is 29.2. The van der Waals surface area contributed by atoms with Crippen LogP contribution in [0, 0.1) is 11.3 Å². The molecule has 5 aromatic rings. The Morgan fingerprint density at radius 2 is 1.63 bits per heavy atom. The fourth-order valence-corrected chi connectivity index (χ4v) is 4.43. The Morgan fingerprint density at radius 1 is 0.902 bits per heavy atom. The van der Waals surface area contributed by atoms with Crippen molar-refractivity contribution < 1.29 is 17.9 Å². The van der Waals surface area contributed by atoms with Gasteiger partial charge in [0.1, 0.15) is 12.4 Å². The fourth-order valence-electron chi connectivity index (χ4n) is 4.43. The molecule has 3 aromatic carbocycles. The zero-order valence-corrected chi connectivity index (χ0v) is 22.6. The van der Waals surface area contributed by atoms with Crippen molar-refractivity contribution in [2.24, 2.45) is 0 Å². The highest BCUT2D eigenvalue weighted by molar-refractivity contribution is 5.94. The number of alkyl halides is 3. The zero-order valence-electron chi connectivity index (χ0n) is 22.6. The Kier molecular flexibility index (Phi) is 7.33. The molecule has 0 saturated heterocycles. The van der Waals surface area contributed by atoms with Crippen LogP contribution < -0.4 is 9.64 Å². The molecule has 2 aromatic heterocycles. The average Bonchev–Trinajstić information content (AvgIpc) is 2.99. The van der Waals surface area contributed by atoms with E-state index in [9.17, 15) is 18.4 Å². The number of rotatable bonds is 7. The van der Waals surface area contributed by atoms with E-state index in [-0.39, 0.29) is 23.9 Å². The van der Waals surface area contributed by atoms with E-state index in [0.29, 0.717) is 16.7 Å². The van der Waals surface area contributed by atoms with Crippen molar-refractivity contribution in [1.82, 2.24) is 15.0 Å². The molecule has 0 atom stereocenters. The highest BCUT2D eigenvalue weighted by Gasteiger charge is 2.34. The second kappa shape index (κ2) is 10.9. The largest absolute Gasteiger partial charge is 0.459 e.